The SMILES string of the molecule is Fc1ccc(CN2CCOc3cnc(Cl)nc32)cc1. The molecule has 1 aliphatic heterocycles. The van der Waals surface area contributed by atoms with Crippen molar-refractivity contribution in [3.63, 3.8) is 0 Å². The first-order valence-corrected chi connectivity index (χ1v) is 6.25. The minimum absolute atomic E-state index is 0.188. The van der Waals surface area contributed by atoms with Gasteiger partial charge in [0, 0.05) is 6.54 Å². The van der Waals surface area contributed by atoms with E-state index in [0.29, 0.717) is 31.3 Å². The third-order valence-corrected chi connectivity index (χ3v) is 3.09. The zero-order valence-electron chi connectivity index (χ0n) is 10.0. The summed E-state index contributed by atoms with van der Waals surface area (Å²) in [7, 11) is 0. The van der Waals surface area contributed by atoms with Crippen LogP contribution in [0.1, 0.15) is 5.56 Å². The van der Waals surface area contributed by atoms with Gasteiger partial charge in [0.2, 0.25) is 5.28 Å². The van der Waals surface area contributed by atoms with Crippen LogP contribution >= 0.6 is 11.6 Å². The molecule has 1 aromatic carbocycles. The highest BCUT2D eigenvalue weighted by Crippen LogP contribution is 2.30. The van der Waals surface area contributed by atoms with Crippen LogP contribution in [0.2, 0.25) is 5.28 Å². The minimum Gasteiger partial charge on any atom is -0.486 e. The zero-order valence-corrected chi connectivity index (χ0v) is 10.8. The molecule has 1 aromatic heterocycles. The second-order valence-corrected chi connectivity index (χ2v) is 4.56. The van der Waals surface area contributed by atoms with Gasteiger partial charge in [-0.2, -0.15) is 4.98 Å². The van der Waals surface area contributed by atoms with Crippen molar-refractivity contribution < 1.29 is 9.13 Å². The van der Waals surface area contributed by atoms with Crippen molar-refractivity contribution in [1.29, 1.82) is 0 Å². The molecule has 6 heteroatoms. The second-order valence-electron chi connectivity index (χ2n) is 4.22. The number of hydrogen-bond donors (Lipinski definition) is 0. The predicted octanol–water partition coefficient (Wildman–Crippen LogP) is 2.67. The molecular weight excluding hydrogens is 269 g/mol. The average Bonchev–Trinajstić information content (AvgIpc) is 2.42. The molecule has 0 spiro atoms. The van der Waals surface area contributed by atoms with E-state index in [-0.39, 0.29) is 11.1 Å². The fraction of sp³-hybridized carbons (Fsp3) is 0.231. The van der Waals surface area contributed by atoms with Gasteiger partial charge >= 0.3 is 0 Å². The van der Waals surface area contributed by atoms with Crippen molar-refractivity contribution in [3.05, 3.63) is 47.1 Å². The molecule has 2 aromatic rings. The van der Waals surface area contributed by atoms with Crippen LogP contribution in [-0.2, 0) is 6.54 Å². The highest BCUT2D eigenvalue weighted by atomic mass is 35.5. The first-order chi connectivity index (χ1) is 9.22. The lowest BCUT2D eigenvalue weighted by Crippen LogP contribution is -2.33. The van der Waals surface area contributed by atoms with Gasteiger partial charge in [0.25, 0.3) is 0 Å². The van der Waals surface area contributed by atoms with Crippen molar-refractivity contribution >= 4 is 17.4 Å². The van der Waals surface area contributed by atoms with E-state index in [1.54, 1.807) is 18.3 Å². The molecule has 2 heterocycles. The molecule has 0 fully saturated rings. The molecule has 0 bridgehead atoms. The van der Waals surface area contributed by atoms with E-state index in [1.807, 2.05) is 4.90 Å². The first kappa shape index (κ1) is 12.2. The predicted molar refractivity (Wildman–Crippen MR) is 70.0 cm³/mol. The van der Waals surface area contributed by atoms with Gasteiger partial charge in [-0.05, 0) is 29.3 Å². The number of ether oxygens (including phenoxy) is 1. The number of aromatic nitrogens is 2. The van der Waals surface area contributed by atoms with Gasteiger partial charge in [0.1, 0.15) is 12.4 Å². The molecule has 98 valence electrons. The minimum atomic E-state index is -0.239. The number of fused-ring (bicyclic) bond motifs is 1. The lowest BCUT2D eigenvalue weighted by molar-refractivity contribution is 0.303. The molecule has 0 saturated heterocycles. The summed E-state index contributed by atoms with van der Waals surface area (Å²) in [4.78, 5) is 10.1. The molecule has 19 heavy (non-hydrogen) atoms. The summed E-state index contributed by atoms with van der Waals surface area (Å²) in [5.74, 6) is 1.06. The Hall–Kier alpha value is -1.88. The van der Waals surface area contributed by atoms with Crippen molar-refractivity contribution in [2.75, 3.05) is 18.1 Å². The Balaban J connectivity index is 1.87. The molecule has 0 saturated carbocycles. The first-order valence-electron chi connectivity index (χ1n) is 5.87. The van der Waals surface area contributed by atoms with Gasteiger partial charge < -0.3 is 9.64 Å². The second kappa shape index (κ2) is 5.01. The lowest BCUT2D eigenvalue weighted by atomic mass is 10.2. The molecule has 3 rings (SSSR count). The van der Waals surface area contributed by atoms with Gasteiger partial charge in [0.15, 0.2) is 11.6 Å². The smallest absolute Gasteiger partial charge is 0.224 e. The molecule has 1 aliphatic rings. The van der Waals surface area contributed by atoms with Crippen LogP contribution in [0, 0.1) is 5.82 Å². The van der Waals surface area contributed by atoms with Crippen molar-refractivity contribution in [2.24, 2.45) is 0 Å². The van der Waals surface area contributed by atoms with Crippen LogP contribution in [0.5, 0.6) is 5.75 Å². The van der Waals surface area contributed by atoms with Crippen LogP contribution in [-0.4, -0.2) is 23.1 Å². The molecule has 0 amide bonds. The van der Waals surface area contributed by atoms with Gasteiger partial charge in [-0.3, -0.25) is 0 Å². The number of nitrogens with zero attached hydrogens (tertiary/aromatic N) is 3. The maximum absolute atomic E-state index is 12.9. The largest absolute Gasteiger partial charge is 0.486 e. The summed E-state index contributed by atoms with van der Waals surface area (Å²) in [5, 5.41) is 0.188. The third kappa shape index (κ3) is 2.61. The topological polar surface area (TPSA) is 38.2 Å². The maximum atomic E-state index is 12.9. The van der Waals surface area contributed by atoms with E-state index < -0.39 is 0 Å². The zero-order chi connectivity index (χ0) is 13.2. The standard InChI is InChI=1S/C13H11ClFN3O/c14-13-16-7-11-12(17-13)18(5-6-19-11)8-9-1-3-10(15)4-2-9/h1-4,7H,5-6,8H2. The Bertz CT molecular complexity index is 591. The number of anilines is 1. The van der Waals surface area contributed by atoms with Crippen molar-refractivity contribution in [1.82, 2.24) is 9.97 Å². The summed E-state index contributed by atoms with van der Waals surface area (Å²) in [6, 6.07) is 6.41. The number of halogens is 2. The molecular formula is C13H11ClFN3O. The van der Waals surface area contributed by atoms with Crippen LogP contribution in [0.15, 0.2) is 30.5 Å². The fourth-order valence-electron chi connectivity index (χ4n) is 2.01. The molecule has 0 aliphatic carbocycles. The van der Waals surface area contributed by atoms with E-state index in [9.17, 15) is 4.39 Å². The van der Waals surface area contributed by atoms with Gasteiger partial charge in [-0.1, -0.05) is 12.1 Å². The maximum Gasteiger partial charge on any atom is 0.224 e. The number of benzene rings is 1. The van der Waals surface area contributed by atoms with Crippen LogP contribution in [0.3, 0.4) is 0 Å². The quantitative estimate of drug-likeness (QED) is 0.792. The van der Waals surface area contributed by atoms with E-state index in [2.05, 4.69) is 9.97 Å². The van der Waals surface area contributed by atoms with E-state index in [0.717, 1.165) is 5.56 Å². The Morgan fingerprint density at radius 2 is 2.11 bits per heavy atom. The Morgan fingerprint density at radius 1 is 1.32 bits per heavy atom. The molecule has 0 radical (unpaired) electrons. The van der Waals surface area contributed by atoms with Crippen LogP contribution < -0.4 is 9.64 Å². The van der Waals surface area contributed by atoms with Gasteiger partial charge in [-0.25, -0.2) is 9.37 Å². The Kier molecular flexibility index (Phi) is 3.21. The van der Waals surface area contributed by atoms with Gasteiger partial charge in [-0.15, -0.1) is 0 Å². The normalized spacial score (nSPS) is 13.9. The van der Waals surface area contributed by atoms with Crippen LogP contribution in [0.4, 0.5) is 10.2 Å². The number of hydrogen-bond acceptors (Lipinski definition) is 4. The lowest BCUT2D eigenvalue weighted by Gasteiger charge is -2.29. The Morgan fingerprint density at radius 3 is 2.89 bits per heavy atom. The molecule has 0 atom stereocenters. The van der Waals surface area contributed by atoms with E-state index in [1.165, 1.54) is 12.1 Å². The highest BCUT2D eigenvalue weighted by Gasteiger charge is 2.20. The third-order valence-electron chi connectivity index (χ3n) is 2.91. The van der Waals surface area contributed by atoms with E-state index >= 15 is 0 Å². The fourth-order valence-corrected chi connectivity index (χ4v) is 2.13. The summed E-state index contributed by atoms with van der Waals surface area (Å²) < 4.78 is 18.4. The molecule has 0 unspecified atom stereocenters. The summed E-state index contributed by atoms with van der Waals surface area (Å²) >= 11 is 5.81. The molecule has 4 nitrogen and oxygen atoms in total. The van der Waals surface area contributed by atoms with Crippen molar-refractivity contribution in [3.8, 4) is 5.75 Å². The van der Waals surface area contributed by atoms with Crippen LogP contribution in [0.25, 0.3) is 0 Å². The summed E-state index contributed by atoms with van der Waals surface area (Å²) in [5.41, 5.74) is 1.00. The summed E-state index contributed by atoms with van der Waals surface area (Å²) in [6.07, 6.45) is 1.57. The number of rotatable bonds is 2. The monoisotopic (exact) mass is 279 g/mol. The average molecular weight is 280 g/mol. The van der Waals surface area contributed by atoms with Crippen molar-refractivity contribution in [2.45, 2.75) is 6.54 Å². The Labute approximate surface area is 114 Å². The summed E-state index contributed by atoms with van der Waals surface area (Å²) in [6.45, 7) is 1.90. The highest BCUT2D eigenvalue weighted by molar-refractivity contribution is 6.28. The van der Waals surface area contributed by atoms with Gasteiger partial charge in [0.05, 0.1) is 12.7 Å². The molecule has 0 N–H and O–H groups in total. The van der Waals surface area contributed by atoms with E-state index in [4.69, 9.17) is 16.3 Å².